The van der Waals surface area contributed by atoms with Crippen molar-refractivity contribution in [1.29, 1.82) is 0 Å². The quantitative estimate of drug-likeness (QED) is 0.455. The molecule has 110 valence electrons. The van der Waals surface area contributed by atoms with Crippen molar-refractivity contribution >= 4 is 11.9 Å². The summed E-state index contributed by atoms with van der Waals surface area (Å²) in [6, 6.07) is 0. The third-order valence-corrected chi connectivity index (χ3v) is 4.10. The minimum atomic E-state index is -1.03. The Morgan fingerprint density at radius 2 is 1.30 bits per heavy atom. The lowest BCUT2D eigenvalue weighted by Crippen LogP contribution is -2.68. The fourth-order valence-electron chi connectivity index (χ4n) is 3.21. The largest absolute Gasteiger partial charge is 0.423 e. The minimum absolute atomic E-state index is 0.0597. The smallest absolute Gasteiger partial charge is 0.420 e. The summed E-state index contributed by atoms with van der Waals surface area (Å²) in [5, 5.41) is 6.15. The van der Waals surface area contributed by atoms with Gasteiger partial charge in [0.05, 0.1) is 25.3 Å². The Balaban J connectivity index is 1.33. The van der Waals surface area contributed by atoms with Gasteiger partial charge in [-0.2, -0.15) is 0 Å². The van der Waals surface area contributed by atoms with Gasteiger partial charge in [-0.05, 0) is 0 Å². The van der Waals surface area contributed by atoms with E-state index in [9.17, 15) is 9.59 Å². The zero-order valence-electron chi connectivity index (χ0n) is 10.8. The fraction of sp³-hybridized carbons (Fsp3) is 0.833. The highest BCUT2D eigenvalue weighted by atomic mass is 16.8. The molecule has 0 aromatic rings. The van der Waals surface area contributed by atoms with E-state index >= 15 is 0 Å². The van der Waals surface area contributed by atoms with Crippen LogP contribution >= 0.6 is 0 Å². The van der Waals surface area contributed by atoms with Crippen LogP contribution in [0.4, 0.5) is 0 Å². The zero-order valence-corrected chi connectivity index (χ0v) is 10.8. The van der Waals surface area contributed by atoms with Gasteiger partial charge in [0.15, 0.2) is 0 Å². The summed E-state index contributed by atoms with van der Waals surface area (Å²) in [7, 11) is 0. The van der Waals surface area contributed by atoms with Crippen molar-refractivity contribution in [2.24, 2.45) is 0 Å². The third-order valence-electron chi connectivity index (χ3n) is 4.10. The van der Waals surface area contributed by atoms with E-state index in [1.807, 2.05) is 0 Å². The lowest BCUT2D eigenvalue weighted by atomic mass is 9.96. The highest BCUT2D eigenvalue weighted by molar-refractivity contribution is 6.29. The summed E-state index contributed by atoms with van der Waals surface area (Å²) in [5.41, 5.74) is 0. The summed E-state index contributed by atoms with van der Waals surface area (Å²) >= 11 is 0. The number of rotatable bonds is 2. The number of fused-ring (bicyclic) bond motifs is 4. The Morgan fingerprint density at radius 3 is 1.60 bits per heavy atom. The van der Waals surface area contributed by atoms with Gasteiger partial charge in [-0.3, -0.25) is 0 Å². The molecule has 0 spiro atoms. The summed E-state index contributed by atoms with van der Waals surface area (Å²) in [6.45, 7) is 2.28. The van der Waals surface area contributed by atoms with Crippen molar-refractivity contribution < 1.29 is 28.5 Å². The second-order valence-corrected chi connectivity index (χ2v) is 5.75. The van der Waals surface area contributed by atoms with Gasteiger partial charge in [0.2, 0.25) is 11.6 Å². The average molecular weight is 284 g/mol. The van der Waals surface area contributed by atoms with E-state index in [-0.39, 0.29) is 12.2 Å². The molecule has 6 fully saturated rings. The van der Waals surface area contributed by atoms with Crippen molar-refractivity contribution in [3.05, 3.63) is 0 Å². The first kappa shape index (κ1) is 12.5. The summed E-state index contributed by atoms with van der Waals surface area (Å²) in [6.07, 6.45) is 1.35. The maximum atomic E-state index is 11.8. The molecule has 4 atom stereocenters. The molecule has 4 unspecified atom stereocenters. The molecule has 0 aliphatic carbocycles. The average Bonchev–Trinajstić information content (AvgIpc) is 2.37. The normalized spacial score (nSPS) is 44.8. The van der Waals surface area contributed by atoms with Crippen LogP contribution in [-0.4, -0.2) is 61.9 Å². The molecule has 0 radical (unpaired) electrons. The zero-order chi connectivity index (χ0) is 13.8. The van der Waals surface area contributed by atoms with Gasteiger partial charge in [-0.1, -0.05) is 0 Å². The molecule has 8 nitrogen and oxygen atoms in total. The van der Waals surface area contributed by atoms with Crippen molar-refractivity contribution in [3.63, 3.8) is 0 Å². The van der Waals surface area contributed by atoms with Gasteiger partial charge in [0.1, 0.15) is 0 Å². The predicted molar refractivity (Wildman–Crippen MR) is 62.4 cm³/mol. The molecular formula is C12H16N2O6. The Morgan fingerprint density at radius 1 is 0.900 bits per heavy atom. The maximum Gasteiger partial charge on any atom is 0.420 e. The van der Waals surface area contributed by atoms with E-state index in [0.717, 1.165) is 13.1 Å². The van der Waals surface area contributed by atoms with Gasteiger partial charge in [0, 0.05) is 25.9 Å². The molecule has 2 N–H and O–H groups in total. The Hall–Kier alpha value is -1.22. The SMILES string of the molecule is O=C(OC12CNCC(C1)O2)C(=O)OC12CNCC(C1)O2. The maximum absolute atomic E-state index is 11.8. The molecular weight excluding hydrogens is 268 g/mol. The third kappa shape index (κ3) is 1.91. The molecule has 0 saturated carbocycles. The number of ether oxygens (including phenoxy) is 4. The van der Waals surface area contributed by atoms with Crippen molar-refractivity contribution in [1.82, 2.24) is 10.6 Å². The van der Waals surface area contributed by atoms with Crippen LogP contribution in [0.3, 0.4) is 0 Å². The van der Waals surface area contributed by atoms with E-state index in [1.54, 1.807) is 0 Å². The monoisotopic (exact) mass is 284 g/mol. The Bertz CT molecular complexity index is 402. The van der Waals surface area contributed by atoms with E-state index in [4.69, 9.17) is 18.9 Å². The van der Waals surface area contributed by atoms with E-state index in [0.29, 0.717) is 25.9 Å². The van der Waals surface area contributed by atoms with Gasteiger partial charge < -0.3 is 29.6 Å². The van der Waals surface area contributed by atoms with Crippen molar-refractivity contribution in [2.75, 3.05) is 26.2 Å². The van der Waals surface area contributed by atoms with Crippen LogP contribution < -0.4 is 10.6 Å². The number of morpholine rings is 2. The van der Waals surface area contributed by atoms with Gasteiger partial charge in [-0.15, -0.1) is 0 Å². The number of carbonyl (C=O) groups is 2. The number of hydrogen-bond donors (Lipinski definition) is 2. The van der Waals surface area contributed by atoms with Crippen LogP contribution in [0.1, 0.15) is 12.8 Å². The molecule has 4 bridgehead atoms. The van der Waals surface area contributed by atoms with Crippen LogP contribution in [0.5, 0.6) is 0 Å². The number of piperidine rings is 2. The lowest BCUT2D eigenvalue weighted by Gasteiger charge is -2.51. The van der Waals surface area contributed by atoms with Crippen LogP contribution in [0.2, 0.25) is 0 Å². The number of esters is 2. The minimum Gasteiger partial charge on any atom is -0.423 e. The molecule has 8 heteroatoms. The summed E-state index contributed by atoms with van der Waals surface area (Å²) in [5.74, 6) is -4.05. The first-order valence-corrected chi connectivity index (χ1v) is 6.82. The van der Waals surface area contributed by atoms with Crippen LogP contribution in [0.25, 0.3) is 0 Å². The predicted octanol–water partition coefficient (Wildman–Crippen LogP) is -1.75. The number of carbonyl (C=O) groups excluding carboxylic acids is 2. The van der Waals surface area contributed by atoms with E-state index in [2.05, 4.69) is 10.6 Å². The standard InChI is InChI=1S/C12H16N2O6/c15-9(19-11-1-7(17-11)3-13-5-11)10(16)20-12-2-8(18-12)4-14-6-12/h7-8,13-14H,1-6H2. The molecule has 20 heavy (non-hydrogen) atoms. The summed E-state index contributed by atoms with van der Waals surface area (Å²) < 4.78 is 21.2. The lowest BCUT2D eigenvalue weighted by molar-refractivity contribution is -0.347. The van der Waals surface area contributed by atoms with Gasteiger partial charge in [-0.25, -0.2) is 9.59 Å². The second kappa shape index (κ2) is 4.14. The van der Waals surface area contributed by atoms with Gasteiger partial charge in [0.25, 0.3) is 0 Å². The van der Waals surface area contributed by atoms with E-state index < -0.39 is 23.5 Å². The molecule has 6 saturated heterocycles. The van der Waals surface area contributed by atoms with Gasteiger partial charge >= 0.3 is 11.9 Å². The molecule has 0 aromatic heterocycles. The van der Waals surface area contributed by atoms with Crippen LogP contribution in [0, 0.1) is 0 Å². The number of hydrogen-bond acceptors (Lipinski definition) is 8. The molecule has 0 aromatic carbocycles. The topological polar surface area (TPSA) is 95.1 Å². The molecule has 6 rings (SSSR count). The highest BCUT2D eigenvalue weighted by Gasteiger charge is 2.55. The first-order valence-electron chi connectivity index (χ1n) is 6.82. The van der Waals surface area contributed by atoms with Crippen molar-refractivity contribution in [3.8, 4) is 0 Å². The van der Waals surface area contributed by atoms with Crippen LogP contribution in [-0.2, 0) is 28.5 Å². The molecule has 6 aliphatic rings. The Labute approximate surface area is 115 Å². The van der Waals surface area contributed by atoms with E-state index in [1.165, 1.54) is 0 Å². The highest BCUT2D eigenvalue weighted by Crippen LogP contribution is 2.38. The fourth-order valence-corrected chi connectivity index (χ4v) is 3.21. The second-order valence-electron chi connectivity index (χ2n) is 5.75. The van der Waals surface area contributed by atoms with Crippen LogP contribution in [0.15, 0.2) is 0 Å². The molecule has 6 heterocycles. The van der Waals surface area contributed by atoms with Crippen molar-refractivity contribution in [2.45, 2.75) is 36.6 Å². The summed E-state index contributed by atoms with van der Waals surface area (Å²) in [4.78, 5) is 23.6. The first-order chi connectivity index (χ1) is 9.58. The Kier molecular flexibility index (Phi) is 2.59. The molecule has 6 aliphatic heterocycles. The molecule has 0 amide bonds. The number of nitrogens with one attached hydrogen (secondary N) is 2.